The lowest BCUT2D eigenvalue weighted by Gasteiger charge is -2.28. The summed E-state index contributed by atoms with van der Waals surface area (Å²) in [5.41, 5.74) is 1.98. The van der Waals surface area contributed by atoms with Gasteiger partial charge in [-0.25, -0.2) is 14.6 Å². The number of ether oxygens (including phenoxy) is 2. The van der Waals surface area contributed by atoms with Crippen LogP contribution in [0.25, 0.3) is 22.2 Å². The Hall–Kier alpha value is -4.07. The molecule has 1 amide bonds. The average molecular weight is 462 g/mol. The number of carbonyl (C=O) groups is 2. The predicted octanol–water partition coefficient (Wildman–Crippen LogP) is 5.62. The Bertz CT molecular complexity index is 1300. The highest BCUT2D eigenvalue weighted by atomic mass is 16.5. The fourth-order valence-corrected chi connectivity index (χ4v) is 3.67. The summed E-state index contributed by atoms with van der Waals surface area (Å²) in [7, 11) is 1.29. The van der Waals surface area contributed by atoms with Gasteiger partial charge in [-0.05, 0) is 17.0 Å². The molecule has 0 aliphatic rings. The van der Waals surface area contributed by atoms with E-state index < -0.39 is 23.5 Å². The molecule has 0 radical (unpaired) electrons. The summed E-state index contributed by atoms with van der Waals surface area (Å²) in [6.07, 6.45) is 1.14. The molecule has 1 atom stereocenters. The van der Waals surface area contributed by atoms with Crippen LogP contribution in [0.15, 0.2) is 65.2 Å². The molecule has 2 heterocycles. The number of rotatable bonds is 6. The number of amides is 1. The summed E-state index contributed by atoms with van der Waals surface area (Å²) in [5, 5.41) is 3.72. The minimum absolute atomic E-state index is 0.0379. The number of hydrogen-bond donors (Lipinski definition) is 2. The van der Waals surface area contributed by atoms with Crippen LogP contribution in [0.2, 0.25) is 0 Å². The Labute approximate surface area is 197 Å². The minimum atomic E-state index is -0.668. The lowest BCUT2D eigenvalue weighted by atomic mass is 9.87. The van der Waals surface area contributed by atoms with Crippen molar-refractivity contribution < 1.29 is 23.5 Å². The van der Waals surface area contributed by atoms with Gasteiger partial charge in [0.25, 0.3) is 0 Å². The Morgan fingerprint density at radius 1 is 1.09 bits per heavy atom. The number of hydrogen-bond acceptors (Lipinski definition) is 6. The minimum Gasteiger partial charge on any atom is -0.464 e. The molecule has 4 aromatic rings. The molecule has 34 heavy (non-hydrogen) atoms. The molecule has 0 aliphatic carbocycles. The topological polar surface area (TPSA) is 106 Å². The van der Waals surface area contributed by atoms with Gasteiger partial charge in [-0.3, -0.25) is 0 Å². The van der Waals surface area contributed by atoms with Crippen molar-refractivity contribution in [1.82, 2.24) is 15.3 Å². The van der Waals surface area contributed by atoms with E-state index in [0.717, 1.165) is 16.5 Å². The fraction of sp³-hybridized carbons (Fsp3) is 0.269. The highest BCUT2D eigenvalue weighted by molar-refractivity contribution is 6.01. The van der Waals surface area contributed by atoms with Crippen molar-refractivity contribution in [3.05, 3.63) is 77.9 Å². The molecule has 8 nitrogen and oxygen atoms in total. The van der Waals surface area contributed by atoms with Crippen molar-refractivity contribution in [2.75, 3.05) is 7.11 Å². The van der Waals surface area contributed by atoms with Crippen LogP contribution in [0.1, 0.15) is 48.8 Å². The molecule has 0 saturated heterocycles. The van der Waals surface area contributed by atoms with Gasteiger partial charge in [0.1, 0.15) is 12.6 Å². The van der Waals surface area contributed by atoms with Gasteiger partial charge < -0.3 is 24.2 Å². The first-order valence-electron chi connectivity index (χ1n) is 10.9. The summed E-state index contributed by atoms with van der Waals surface area (Å²) < 4.78 is 16.5. The fourth-order valence-electron chi connectivity index (χ4n) is 3.67. The van der Waals surface area contributed by atoms with Gasteiger partial charge in [-0.1, -0.05) is 69.3 Å². The number of nitrogens with one attached hydrogen (secondary N) is 2. The molecule has 176 valence electrons. The molecular weight excluding hydrogens is 434 g/mol. The van der Waals surface area contributed by atoms with Gasteiger partial charge in [-0.15, -0.1) is 0 Å². The van der Waals surface area contributed by atoms with Crippen LogP contribution in [-0.4, -0.2) is 29.1 Å². The predicted molar refractivity (Wildman–Crippen MR) is 127 cm³/mol. The zero-order valence-electron chi connectivity index (χ0n) is 19.5. The number of benzene rings is 2. The molecule has 2 aromatic carbocycles. The van der Waals surface area contributed by atoms with Crippen molar-refractivity contribution in [3.63, 3.8) is 0 Å². The van der Waals surface area contributed by atoms with Gasteiger partial charge in [0.15, 0.2) is 11.5 Å². The van der Waals surface area contributed by atoms with E-state index in [1.165, 1.54) is 7.11 Å². The summed E-state index contributed by atoms with van der Waals surface area (Å²) >= 11 is 0. The van der Waals surface area contributed by atoms with Crippen LogP contribution in [-0.2, 0) is 16.1 Å². The number of H-pyrrole nitrogens is 1. The third-order valence-corrected chi connectivity index (χ3v) is 5.44. The third-order valence-electron chi connectivity index (χ3n) is 5.44. The Morgan fingerprint density at radius 3 is 2.50 bits per heavy atom. The van der Waals surface area contributed by atoms with Crippen molar-refractivity contribution in [2.45, 2.75) is 33.4 Å². The van der Waals surface area contributed by atoms with E-state index in [9.17, 15) is 9.59 Å². The lowest BCUT2D eigenvalue weighted by Crippen LogP contribution is -2.37. The molecule has 0 unspecified atom stereocenters. The first kappa shape index (κ1) is 23.1. The number of methoxy groups -OCH3 is 1. The second-order valence-electron chi connectivity index (χ2n) is 8.97. The van der Waals surface area contributed by atoms with E-state index in [0.29, 0.717) is 5.56 Å². The standard InChI is InChI=1S/C26H27N3O5/c1-26(2,3)22(29-25(31)33-15-16-10-6-5-7-11-16)23-28-20(24(30)32-4)21(34-23)18-14-27-19-13-9-8-12-17(18)19/h5-14,22,27H,15H2,1-4H3,(H,29,31)/t22-/m1/s1. The van der Waals surface area contributed by atoms with Crippen LogP contribution >= 0.6 is 0 Å². The van der Waals surface area contributed by atoms with Crippen molar-refractivity contribution >= 4 is 23.0 Å². The second-order valence-corrected chi connectivity index (χ2v) is 8.97. The second kappa shape index (κ2) is 9.43. The normalized spacial score (nSPS) is 12.4. The van der Waals surface area contributed by atoms with E-state index in [1.807, 2.05) is 75.4 Å². The first-order valence-corrected chi connectivity index (χ1v) is 10.9. The van der Waals surface area contributed by atoms with Gasteiger partial charge in [0, 0.05) is 22.7 Å². The number of carbonyl (C=O) groups excluding carboxylic acids is 2. The Balaban J connectivity index is 1.67. The quantitative estimate of drug-likeness (QED) is 0.361. The van der Waals surface area contributed by atoms with Gasteiger partial charge in [-0.2, -0.15) is 0 Å². The smallest absolute Gasteiger partial charge is 0.408 e. The summed E-state index contributed by atoms with van der Waals surface area (Å²) in [6, 6.07) is 16.4. The maximum absolute atomic E-state index is 12.6. The Kier molecular flexibility index (Phi) is 6.40. The SMILES string of the molecule is COC(=O)c1nc([C@@H](NC(=O)OCc2ccccc2)C(C)(C)C)oc1-c1c[nH]c2ccccc12. The van der Waals surface area contributed by atoms with Crippen LogP contribution in [0.5, 0.6) is 0 Å². The van der Waals surface area contributed by atoms with Crippen LogP contribution in [0.3, 0.4) is 0 Å². The van der Waals surface area contributed by atoms with Crippen molar-refractivity contribution in [3.8, 4) is 11.3 Å². The summed E-state index contributed by atoms with van der Waals surface area (Å²) in [5.74, 6) is -0.174. The molecule has 0 bridgehead atoms. The highest BCUT2D eigenvalue weighted by Gasteiger charge is 2.35. The van der Waals surface area contributed by atoms with Crippen LogP contribution in [0.4, 0.5) is 4.79 Å². The van der Waals surface area contributed by atoms with Crippen molar-refractivity contribution in [2.24, 2.45) is 5.41 Å². The number of alkyl carbamates (subject to hydrolysis) is 1. The number of aromatic nitrogens is 2. The molecule has 2 N–H and O–H groups in total. The van der Waals surface area contributed by atoms with E-state index in [2.05, 4.69) is 15.3 Å². The number of nitrogens with zero attached hydrogens (tertiary/aromatic N) is 1. The average Bonchev–Trinajstić information content (AvgIpc) is 3.45. The molecule has 0 saturated carbocycles. The van der Waals surface area contributed by atoms with E-state index in [1.54, 1.807) is 6.20 Å². The zero-order valence-corrected chi connectivity index (χ0v) is 19.5. The summed E-state index contributed by atoms with van der Waals surface area (Å²) in [6.45, 7) is 5.93. The number of para-hydroxylation sites is 1. The maximum Gasteiger partial charge on any atom is 0.408 e. The number of esters is 1. The van der Waals surface area contributed by atoms with Crippen LogP contribution in [0, 0.1) is 5.41 Å². The van der Waals surface area contributed by atoms with Crippen molar-refractivity contribution in [1.29, 1.82) is 0 Å². The van der Waals surface area contributed by atoms with Crippen LogP contribution < -0.4 is 5.32 Å². The number of fused-ring (bicyclic) bond motifs is 1. The van der Waals surface area contributed by atoms with E-state index in [-0.39, 0.29) is 24.0 Å². The molecule has 0 fully saturated rings. The van der Waals surface area contributed by atoms with Gasteiger partial charge >= 0.3 is 12.1 Å². The largest absolute Gasteiger partial charge is 0.464 e. The van der Waals surface area contributed by atoms with Gasteiger partial charge in [0.2, 0.25) is 5.89 Å². The molecule has 4 rings (SSSR count). The monoisotopic (exact) mass is 461 g/mol. The number of aromatic amines is 1. The van der Waals surface area contributed by atoms with E-state index in [4.69, 9.17) is 13.9 Å². The van der Waals surface area contributed by atoms with Gasteiger partial charge in [0.05, 0.1) is 7.11 Å². The first-order chi connectivity index (χ1) is 16.3. The molecule has 0 aliphatic heterocycles. The molecule has 8 heteroatoms. The van der Waals surface area contributed by atoms with E-state index >= 15 is 0 Å². The number of oxazole rings is 1. The molecule has 0 spiro atoms. The lowest BCUT2D eigenvalue weighted by molar-refractivity contribution is 0.0595. The highest BCUT2D eigenvalue weighted by Crippen LogP contribution is 2.38. The molecular formula is C26H27N3O5. The Morgan fingerprint density at radius 2 is 1.79 bits per heavy atom. The molecule has 2 aromatic heterocycles. The maximum atomic E-state index is 12.6. The zero-order chi connectivity index (χ0) is 24.3. The third kappa shape index (κ3) is 4.80. The summed E-state index contributed by atoms with van der Waals surface area (Å²) in [4.78, 5) is 32.8.